The number of nitrogens with zero attached hydrogens (tertiary/aromatic N) is 2. The lowest BCUT2D eigenvalue weighted by Gasteiger charge is -2.34. The molecule has 5 nitrogen and oxygen atoms in total. The second-order valence-electron chi connectivity index (χ2n) is 6.92. The van der Waals surface area contributed by atoms with Gasteiger partial charge in [-0.05, 0) is 31.6 Å². The van der Waals surface area contributed by atoms with E-state index >= 15 is 0 Å². The van der Waals surface area contributed by atoms with Crippen molar-refractivity contribution in [3.8, 4) is 0 Å². The topological polar surface area (TPSA) is 44.8 Å². The van der Waals surface area contributed by atoms with Crippen molar-refractivity contribution in [3.05, 3.63) is 71.8 Å². The summed E-state index contributed by atoms with van der Waals surface area (Å²) in [6.07, 6.45) is 0.767. The smallest absolute Gasteiger partial charge is 0.248 e. The summed E-state index contributed by atoms with van der Waals surface area (Å²) in [6.45, 7) is 2.31. The van der Waals surface area contributed by atoms with E-state index in [1.54, 1.807) is 0 Å². The number of hydrogen-bond acceptors (Lipinski definition) is 4. The Bertz CT molecular complexity index is 664. The lowest BCUT2D eigenvalue weighted by Crippen LogP contribution is -2.46. The Kier molecular flexibility index (Phi) is 6.04. The van der Waals surface area contributed by atoms with E-state index < -0.39 is 5.60 Å². The summed E-state index contributed by atoms with van der Waals surface area (Å²) >= 11 is 0. The first-order valence-corrected chi connectivity index (χ1v) is 9.04. The van der Waals surface area contributed by atoms with Crippen LogP contribution < -0.4 is 5.43 Å². The zero-order valence-corrected chi connectivity index (χ0v) is 15.5. The zero-order chi connectivity index (χ0) is 18.4. The highest BCUT2D eigenvalue weighted by Crippen LogP contribution is 2.38. The Hall–Kier alpha value is -2.21. The fourth-order valence-corrected chi connectivity index (χ4v) is 3.45. The maximum absolute atomic E-state index is 12.1. The van der Waals surface area contributed by atoms with Crippen LogP contribution in [-0.4, -0.2) is 56.2 Å². The van der Waals surface area contributed by atoms with Crippen molar-refractivity contribution in [2.75, 3.05) is 40.3 Å². The third kappa shape index (κ3) is 4.30. The minimum atomic E-state index is -0.496. The number of hydrazine groups is 1. The zero-order valence-electron chi connectivity index (χ0n) is 15.5. The molecule has 1 heterocycles. The molecule has 1 amide bonds. The van der Waals surface area contributed by atoms with Crippen molar-refractivity contribution in [2.24, 2.45) is 0 Å². The Balaban J connectivity index is 1.82. The normalized spacial score (nSPS) is 17.7. The monoisotopic (exact) mass is 353 g/mol. The lowest BCUT2D eigenvalue weighted by molar-refractivity contribution is -0.126. The van der Waals surface area contributed by atoms with E-state index in [-0.39, 0.29) is 5.91 Å². The minimum Gasteiger partial charge on any atom is -0.364 e. The standard InChI is InChI=1S/C21H27N3O2/c1-23(2)17-20(25)22-24-14-13-21(26-16-15-24,18-9-5-3-6-10-18)19-11-7-4-8-12-19/h3-12H,13-17H2,1-2H3,(H,22,25). The summed E-state index contributed by atoms with van der Waals surface area (Å²) in [5, 5.41) is 1.97. The number of nitrogens with one attached hydrogen (secondary N) is 1. The van der Waals surface area contributed by atoms with Crippen molar-refractivity contribution in [2.45, 2.75) is 12.0 Å². The van der Waals surface area contributed by atoms with Crippen LogP contribution in [0.5, 0.6) is 0 Å². The van der Waals surface area contributed by atoms with Crippen molar-refractivity contribution < 1.29 is 9.53 Å². The highest BCUT2D eigenvalue weighted by Gasteiger charge is 2.37. The summed E-state index contributed by atoms with van der Waals surface area (Å²) in [5.74, 6) is 0.00178. The van der Waals surface area contributed by atoms with E-state index in [2.05, 4.69) is 29.7 Å². The molecule has 1 N–H and O–H groups in total. The summed E-state index contributed by atoms with van der Waals surface area (Å²) in [7, 11) is 3.78. The van der Waals surface area contributed by atoms with Gasteiger partial charge in [0, 0.05) is 13.1 Å². The van der Waals surface area contributed by atoms with Crippen molar-refractivity contribution >= 4 is 5.91 Å². The fraction of sp³-hybridized carbons (Fsp3) is 0.381. The molecule has 0 unspecified atom stereocenters. The maximum atomic E-state index is 12.1. The van der Waals surface area contributed by atoms with Gasteiger partial charge in [-0.3, -0.25) is 10.2 Å². The third-order valence-corrected chi connectivity index (χ3v) is 4.67. The van der Waals surface area contributed by atoms with Gasteiger partial charge in [-0.15, -0.1) is 0 Å². The van der Waals surface area contributed by atoms with Crippen LogP contribution in [0.1, 0.15) is 17.5 Å². The third-order valence-electron chi connectivity index (χ3n) is 4.67. The first-order chi connectivity index (χ1) is 12.6. The van der Waals surface area contributed by atoms with Gasteiger partial charge in [-0.1, -0.05) is 60.7 Å². The highest BCUT2D eigenvalue weighted by molar-refractivity contribution is 5.77. The summed E-state index contributed by atoms with van der Waals surface area (Å²) < 4.78 is 6.45. The van der Waals surface area contributed by atoms with E-state index in [9.17, 15) is 4.79 Å². The number of benzene rings is 2. The van der Waals surface area contributed by atoms with E-state index in [0.717, 1.165) is 24.1 Å². The van der Waals surface area contributed by atoms with Gasteiger partial charge in [0.1, 0.15) is 5.60 Å². The van der Waals surface area contributed by atoms with Gasteiger partial charge in [0.05, 0.1) is 13.2 Å². The van der Waals surface area contributed by atoms with E-state index in [4.69, 9.17) is 4.74 Å². The predicted molar refractivity (Wildman–Crippen MR) is 103 cm³/mol. The van der Waals surface area contributed by atoms with Gasteiger partial charge in [0.15, 0.2) is 0 Å². The number of hydrogen-bond donors (Lipinski definition) is 1. The summed E-state index contributed by atoms with van der Waals surface area (Å²) in [4.78, 5) is 14.0. The van der Waals surface area contributed by atoms with Gasteiger partial charge in [0.25, 0.3) is 0 Å². The molecular weight excluding hydrogens is 326 g/mol. The first-order valence-electron chi connectivity index (χ1n) is 9.04. The molecule has 3 rings (SSSR count). The molecule has 5 heteroatoms. The maximum Gasteiger partial charge on any atom is 0.248 e. The molecule has 0 aliphatic carbocycles. The van der Waals surface area contributed by atoms with Crippen LogP contribution in [0.3, 0.4) is 0 Å². The van der Waals surface area contributed by atoms with Crippen LogP contribution >= 0.6 is 0 Å². The molecule has 0 aromatic heterocycles. The minimum absolute atomic E-state index is 0.00178. The second-order valence-corrected chi connectivity index (χ2v) is 6.92. The van der Waals surface area contributed by atoms with Gasteiger partial charge in [-0.25, -0.2) is 5.01 Å². The lowest BCUT2D eigenvalue weighted by atomic mass is 9.83. The Morgan fingerprint density at radius 3 is 2.15 bits per heavy atom. The van der Waals surface area contributed by atoms with Crippen molar-refractivity contribution in [3.63, 3.8) is 0 Å². The van der Waals surface area contributed by atoms with Gasteiger partial charge in [-0.2, -0.15) is 0 Å². The Morgan fingerprint density at radius 1 is 1.04 bits per heavy atom. The quantitative estimate of drug-likeness (QED) is 0.895. The second kappa shape index (κ2) is 8.45. The fourth-order valence-electron chi connectivity index (χ4n) is 3.45. The molecule has 0 saturated carbocycles. The van der Waals surface area contributed by atoms with Crippen LogP contribution in [0, 0.1) is 0 Å². The van der Waals surface area contributed by atoms with Crippen LogP contribution in [0.15, 0.2) is 60.7 Å². The Labute approximate surface area is 155 Å². The van der Waals surface area contributed by atoms with Gasteiger partial charge in [0.2, 0.25) is 5.91 Å². The number of ether oxygens (including phenoxy) is 1. The Morgan fingerprint density at radius 2 is 1.62 bits per heavy atom. The molecule has 2 aromatic carbocycles. The van der Waals surface area contributed by atoms with E-state index in [0.29, 0.717) is 19.7 Å². The van der Waals surface area contributed by atoms with Crippen LogP contribution in [-0.2, 0) is 15.1 Å². The average Bonchev–Trinajstić information content (AvgIpc) is 2.86. The molecule has 138 valence electrons. The van der Waals surface area contributed by atoms with Crippen LogP contribution in [0.4, 0.5) is 0 Å². The van der Waals surface area contributed by atoms with Gasteiger partial charge < -0.3 is 9.64 Å². The summed E-state index contributed by atoms with van der Waals surface area (Å²) in [6, 6.07) is 20.7. The highest BCUT2D eigenvalue weighted by atomic mass is 16.5. The first kappa shape index (κ1) is 18.6. The van der Waals surface area contributed by atoms with Crippen molar-refractivity contribution in [1.29, 1.82) is 0 Å². The number of rotatable bonds is 5. The van der Waals surface area contributed by atoms with Crippen molar-refractivity contribution in [1.82, 2.24) is 15.3 Å². The molecule has 0 bridgehead atoms. The van der Waals surface area contributed by atoms with E-state index in [1.165, 1.54) is 0 Å². The SMILES string of the molecule is CN(C)CC(=O)NN1CCOC(c2ccccc2)(c2ccccc2)CC1. The average molecular weight is 353 g/mol. The molecule has 2 aromatic rings. The molecule has 0 atom stereocenters. The van der Waals surface area contributed by atoms with E-state index in [1.807, 2.05) is 60.4 Å². The number of carbonyl (C=O) groups excluding carboxylic acids is 1. The molecule has 0 radical (unpaired) electrons. The largest absolute Gasteiger partial charge is 0.364 e. The molecule has 1 fully saturated rings. The van der Waals surface area contributed by atoms with Crippen LogP contribution in [0.2, 0.25) is 0 Å². The number of carbonyl (C=O) groups is 1. The molecule has 0 spiro atoms. The van der Waals surface area contributed by atoms with Gasteiger partial charge >= 0.3 is 0 Å². The predicted octanol–water partition coefficient (Wildman–Crippen LogP) is 2.25. The number of amides is 1. The molecular formula is C21H27N3O2. The van der Waals surface area contributed by atoms with Crippen LogP contribution in [0.25, 0.3) is 0 Å². The molecule has 26 heavy (non-hydrogen) atoms. The summed E-state index contributed by atoms with van der Waals surface area (Å²) in [5.41, 5.74) is 4.80. The number of likely N-dealkylation sites (N-methyl/N-ethyl adjacent to an activating group) is 1. The molecule has 1 aliphatic heterocycles. The molecule has 1 aliphatic rings. The molecule has 1 saturated heterocycles.